The van der Waals surface area contributed by atoms with E-state index < -0.39 is 35.9 Å². The lowest BCUT2D eigenvalue weighted by atomic mass is 9.82. The van der Waals surface area contributed by atoms with Crippen LogP contribution in [0.15, 0.2) is 24.3 Å². The molecule has 128 valence electrons. The Morgan fingerprint density at radius 1 is 1.12 bits per heavy atom. The van der Waals surface area contributed by atoms with Crippen LogP contribution in [0.3, 0.4) is 0 Å². The Morgan fingerprint density at radius 2 is 1.75 bits per heavy atom. The summed E-state index contributed by atoms with van der Waals surface area (Å²) >= 11 is 6.07. The molecule has 4 atom stereocenters. The predicted octanol–water partition coefficient (Wildman–Crippen LogP) is 0.615. The van der Waals surface area contributed by atoms with Gasteiger partial charge in [0, 0.05) is 18.0 Å². The fourth-order valence-corrected chi connectivity index (χ4v) is 3.32. The zero-order valence-electron chi connectivity index (χ0n) is 12.9. The van der Waals surface area contributed by atoms with E-state index in [0.29, 0.717) is 17.2 Å². The molecule has 0 spiro atoms. The number of carbonyl (C=O) groups excluding carboxylic acids is 2. The number of amides is 1. The van der Waals surface area contributed by atoms with E-state index in [9.17, 15) is 14.7 Å². The number of anilines is 1. The van der Waals surface area contributed by atoms with Crippen molar-refractivity contribution >= 4 is 29.2 Å². The van der Waals surface area contributed by atoms with Gasteiger partial charge in [0.15, 0.2) is 0 Å². The molecule has 0 unspecified atom stereocenters. The van der Waals surface area contributed by atoms with Crippen LogP contribution in [-0.2, 0) is 14.3 Å². The van der Waals surface area contributed by atoms with Crippen LogP contribution in [0.2, 0.25) is 5.02 Å². The molecule has 1 aromatic carbocycles. The summed E-state index contributed by atoms with van der Waals surface area (Å²) in [7, 11) is 2.90. The third-order valence-corrected chi connectivity index (χ3v) is 4.50. The summed E-state index contributed by atoms with van der Waals surface area (Å²) in [6.45, 7) is 0. The number of rotatable bonds is 5. The fraction of sp³-hybridized carbons (Fsp3) is 0.375. The van der Waals surface area contributed by atoms with Crippen molar-refractivity contribution in [1.29, 1.82) is 0 Å². The lowest BCUT2D eigenvalue weighted by Gasteiger charge is -2.25. The minimum Gasteiger partial charge on any atom is -0.550 e. The Bertz CT molecular complexity index is 719. The number of hydrogen-bond acceptors (Lipinski definition) is 6. The number of carbonyl (C=O) groups is 2. The Hall–Kier alpha value is -2.25. The molecule has 1 N–H and O–H groups in total. The summed E-state index contributed by atoms with van der Waals surface area (Å²) in [5.41, 5.74) is 0.317. The normalized spacial score (nSPS) is 27.1. The highest BCUT2D eigenvalue weighted by Crippen LogP contribution is 2.41. The number of fused-ring (bicyclic) bond motifs is 2. The van der Waals surface area contributed by atoms with E-state index in [1.807, 2.05) is 0 Å². The Kier molecular flexibility index (Phi) is 4.38. The molecule has 1 amide bonds. The van der Waals surface area contributed by atoms with Crippen molar-refractivity contribution < 1.29 is 28.9 Å². The molecule has 2 aliphatic rings. The zero-order valence-corrected chi connectivity index (χ0v) is 13.7. The maximum atomic E-state index is 12.6. The van der Waals surface area contributed by atoms with Crippen LogP contribution in [0.4, 0.5) is 5.69 Å². The maximum Gasteiger partial charge on any atom is 0.231 e. The van der Waals surface area contributed by atoms with Gasteiger partial charge in [0.1, 0.15) is 11.5 Å². The molecule has 0 aliphatic carbocycles. The number of ether oxygens (including phenoxy) is 3. The van der Waals surface area contributed by atoms with Crippen molar-refractivity contribution in [2.75, 3.05) is 19.5 Å². The molecule has 1 fully saturated rings. The first-order chi connectivity index (χ1) is 11.5. The molecular weight excluding hydrogens is 338 g/mol. The first-order valence-corrected chi connectivity index (χ1v) is 7.61. The van der Waals surface area contributed by atoms with Crippen LogP contribution in [0.5, 0.6) is 11.5 Å². The van der Waals surface area contributed by atoms with Crippen molar-refractivity contribution in [2.45, 2.75) is 12.2 Å². The van der Waals surface area contributed by atoms with E-state index in [0.717, 1.165) is 0 Å². The van der Waals surface area contributed by atoms with Gasteiger partial charge in [0.2, 0.25) is 5.91 Å². The quantitative estimate of drug-likeness (QED) is 0.780. The molecule has 24 heavy (non-hydrogen) atoms. The third-order valence-electron chi connectivity index (χ3n) is 4.21. The third kappa shape index (κ3) is 2.70. The topological polar surface area (TPSA) is 96.9 Å². The Labute approximate surface area is 143 Å². The SMILES string of the molecule is COc1cc(OC)c(NC(=O)[C@@H]2[C@@H](C(=O)[O-])[C@H]3C=C[C@@H]2O3)cc1Cl. The Balaban J connectivity index is 1.86. The van der Waals surface area contributed by atoms with Crippen molar-refractivity contribution in [3.63, 3.8) is 0 Å². The average Bonchev–Trinajstić information content (AvgIpc) is 3.16. The minimum absolute atomic E-state index is 0.286. The predicted molar refractivity (Wildman–Crippen MR) is 83.0 cm³/mol. The fourth-order valence-electron chi connectivity index (χ4n) is 3.08. The van der Waals surface area contributed by atoms with Crippen LogP contribution in [0, 0.1) is 11.8 Å². The molecule has 8 heteroatoms. The van der Waals surface area contributed by atoms with Gasteiger partial charge in [-0.15, -0.1) is 0 Å². The number of aliphatic carboxylic acids is 1. The molecule has 7 nitrogen and oxygen atoms in total. The van der Waals surface area contributed by atoms with E-state index in [2.05, 4.69) is 5.32 Å². The number of benzene rings is 1. The number of halogens is 1. The highest BCUT2D eigenvalue weighted by Gasteiger charge is 2.50. The van der Waals surface area contributed by atoms with Crippen molar-refractivity contribution in [3.05, 3.63) is 29.3 Å². The van der Waals surface area contributed by atoms with Crippen LogP contribution < -0.4 is 19.9 Å². The monoisotopic (exact) mass is 352 g/mol. The first-order valence-electron chi connectivity index (χ1n) is 7.23. The first kappa shape index (κ1) is 16.6. The lowest BCUT2D eigenvalue weighted by molar-refractivity contribution is -0.313. The zero-order chi connectivity index (χ0) is 17.4. The van der Waals surface area contributed by atoms with E-state index in [-0.39, 0.29) is 5.02 Å². The molecule has 2 bridgehead atoms. The average molecular weight is 353 g/mol. The second-order valence-corrected chi connectivity index (χ2v) is 5.90. The summed E-state index contributed by atoms with van der Waals surface area (Å²) in [4.78, 5) is 24.0. The van der Waals surface area contributed by atoms with Gasteiger partial charge in [-0.2, -0.15) is 0 Å². The Morgan fingerprint density at radius 3 is 2.33 bits per heavy atom. The highest BCUT2D eigenvalue weighted by molar-refractivity contribution is 6.32. The van der Waals surface area contributed by atoms with Gasteiger partial charge >= 0.3 is 0 Å². The van der Waals surface area contributed by atoms with Gasteiger partial charge in [0.05, 0.1) is 43.1 Å². The molecule has 1 saturated heterocycles. The molecule has 3 rings (SSSR count). The van der Waals surface area contributed by atoms with Crippen molar-refractivity contribution in [2.24, 2.45) is 11.8 Å². The smallest absolute Gasteiger partial charge is 0.231 e. The van der Waals surface area contributed by atoms with E-state index in [1.54, 1.807) is 12.2 Å². The molecular formula is C16H15ClNO6-. The molecule has 0 radical (unpaired) electrons. The summed E-state index contributed by atoms with van der Waals surface area (Å²) in [6.07, 6.45) is 2.10. The van der Waals surface area contributed by atoms with Gasteiger partial charge < -0.3 is 29.4 Å². The van der Waals surface area contributed by atoms with Gasteiger partial charge in [-0.25, -0.2) is 0 Å². The van der Waals surface area contributed by atoms with Crippen LogP contribution in [-0.4, -0.2) is 38.3 Å². The van der Waals surface area contributed by atoms with Crippen LogP contribution >= 0.6 is 11.6 Å². The van der Waals surface area contributed by atoms with Crippen molar-refractivity contribution in [3.8, 4) is 11.5 Å². The number of carboxylic acids is 1. The summed E-state index contributed by atoms with van der Waals surface area (Å²) < 4.78 is 15.8. The van der Waals surface area contributed by atoms with Crippen LogP contribution in [0.25, 0.3) is 0 Å². The van der Waals surface area contributed by atoms with Gasteiger partial charge in [0.25, 0.3) is 0 Å². The summed E-state index contributed by atoms with van der Waals surface area (Å²) in [5.74, 6) is -2.98. The summed E-state index contributed by atoms with van der Waals surface area (Å²) in [6, 6.07) is 3.01. The highest BCUT2D eigenvalue weighted by atomic mass is 35.5. The van der Waals surface area contributed by atoms with Crippen molar-refractivity contribution in [1.82, 2.24) is 0 Å². The van der Waals surface area contributed by atoms with E-state index in [1.165, 1.54) is 26.4 Å². The molecule has 0 saturated carbocycles. The van der Waals surface area contributed by atoms with Crippen LogP contribution in [0.1, 0.15) is 0 Å². The van der Waals surface area contributed by atoms with Gasteiger partial charge in [-0.05, 0) is 6.07 Å². The molecule has 2 aliphatic heterocycles. The largest absolute Gasteiger partial charge is 0.550 e. The second kappa shape index (κ2) is 6.33. The molecule has 2 heterocycles. The minimum atomic E-state index is -1.31. The molecule has 0 aromatic heterocycles. The number of carboxylic acid groups (broad SMARTS) is 1. The van der Waals surface area contributed by atoms with Gasteiger partial charge in [-0.3, -0.25) is 4.79 Å². The summed E-state index contributed by atoms with van der Waals surface area (Å²) in [5, 5.41) is 14.3. The number of nitrogens with one attached hydrogen (secondary N) is 1. The number of hydrogen-bond donors (Lipinski definition) is 1. The van der Waals surface area contributed by atoms with Gasteiger partial charge in [-0.1, -0.05) is 23.8 Å². The van der Waals surface area contributed by atoms with E-state index >= 15 is 0 Å². The number of methoxy groups -OCH3 is 2. The molecule has 1 aromatic rings. The maximum absolute atomic E-state index is 12.6. The standard InChI is InChI=1S/C16H16ClNO6/c1-22-11-6-12(23-2)8(5-7(11)17)18-15(19)13-9-3-4-10(24-9)14(13)16(20)21/h3-6,9-10,13-14H,1-2H3,(H,18,19)(H,20,21)/p-1/t9-,10+,13-,14-/m0/s1. The lowest BCUT2D eigenvalue weighted by Crippen LogP contribution is -2.45. The second-order valence-electron chi connectivity index (χ2n) is 5.50. The van der Waals surface area contributed by atoms with E-state index in [4.69, 9.17) is 25.8 Å².